The van der Waals surface area contributed by atoms with Gasteiger partial charge in [-0.25, -0.2) is 4.39 Å². The van der Waals surface area contributed by atoms with Crippen molar-refractivity contribution in [2.45, 2.75) is 26.8 Å². The standard InChI is InChI=1S/C14H18FN3/c1-4-13-14(9-18(3)17-13)16-8-11-7-10(2)5-6-12(11)15/h5-7,9,16H,4,8H2,1-3H3. The molecule has 1 N–H and O–H groups in total. The number of benzene rings is 1. The van der Waals surface area contributed by atoms with E-state index >= 15 is 0 Å². The molecule has 1 aromatic carbocycles. The van der Waals surface area contributed by atoms with E-state index in [-0.39, 0.29) is 5.82 Å². The first-order valence-corrected chi connectivity index (χ1v) is 6.11. The number of hydrogen-bond donors (Lipinski definition) is 1. The molecule has 0 bridgehead atoms. The summed E-state index contributed by atoms with van der Waals surface area (Å²) in [7, 11) is 1.89. The smallest absolute Gasteiger partial charge is 0.128 e. The Balaban J connectivity index is 2.13. The fourth-order valence-electron chi connectivity index (χ4n) is 1.97. The Hall–Kier alpha value is -1.84. The summed E-state index contributed by atoms with van der Waals surface area (Å²) < 4.78 is 15.4. The second-order valence-corrected chi connectivity index (χ2v) is 4.47. The molecule has 18 heavy (non-hydrogen) atoms. The number of aryl methyl sites for hydroxylation is 3. The third-order valence-corrected chi connectivity index (χ3v) is 2.91. The minimum Gasteiger partial charge on any atom is -0.378 e. The first kappa shape index (κ1) is 12.6. The Morgan fingerprint density at radius 3 is 2.89 bits per heavy atom. The van der Waals surface area contributed by atoms with Gasteiger partial charge in [0.05, 0.1) is 11.4 Å². The van der Waals surface area contributed by atoms with Crippen molar-refractivity contribution >= 4 is 5.69 Å². The van der Waals surface area contributed by atoms with Crippen molar-refractivity contribution in [1.29, 1.82) is 0 Å². The van der Waals surface area contributed by atoms with Gasteiger partial charge in [-0.1, -0.05) is 24.6 Å². The van der Waals surface area contributed by atoms with Gasteiger partial charge in [0.15, 0.2) is 0 Å². The first-order valence-electron chi connectivity index (χ1n) is 6.11. The summed E-state index contributed by atoms with van der Waals surface area (Å²) in [6.45, 7) is 4.50. The van der Waals surface area contributed by atoms with Gasteiger partial charge in [0.2, 0.25) is 0 Å². The van der Waals surface area contributed by atoms with Crippen molar-refractivity contribution in [3.05, 3.63) is 47.0 Å². The van der Waals surface area contributed by atoms with Crippen LogP contribution in [0.25, 0.3) is 0 Å². The lowest BCUT2D eigenvalue weighted by molar-refractivity contribution is 0.612. The van der Waals surface area contributed by atoms with Crippen LogP contribution in [0, 0.1) is 12.7 Å². The minimum absolute atomic E-state index is 0.171. The number of anilines is 1. The average molecular weight is 247 g/mol. The van der Waals surface area contributed by atoms with Crippen LogP contribution in [0.1, 0.15) is 23.7 Å². The number of aromatic nitrogens is 2. The number of halogens is 1. The molecule has 4 heteroatoms. The predicted octanol–water partition coefficient (Wildman–Crippen LogP) is 3.04. The molecule has 2 rings (SSSR count). The van der Waals surface area contributed by atoms with E-state index in [1.165, 1.54) is 6.07 Å². The quantitative estimate of drug-likeness (QED) is 0.900. The van der Waals surface area contributed by atoms with Crippen LogP contribution in [0.3, 0.4) is 0 Å². The van der Waals surface area contributed by atoms with Crippen molar-refractivity contribution < 1.29 is 4.39 Å². The number of rotatable bonds is 4. The summed E-state index contributed by atoms with van der Waals surface area (Å²) >= 11 is 0. The Morgan fingerprint density at radius 2 is 2.17 bits per heavy atom. The summed E-state index contributed by atoms with van der Waals surface area (Å²) in [5.41, 5.74) is 3.72. The Bertz CT molecular complexity index is 546. The van der Waals surface area contributed by atoms with Gasteiger partial charge in [-0.15, -0.1) is 0 Å². The molecule has 0 atom stereocenters. The molecule has 3 nitrogen and oxygen atoms in total. The zero-order valence-corrected chi connectivity index (χ0v) is 11.0. The van der Waals surface area contributed by atoms with Gasteiger partial charge in [-0.05, 0) is 19.4 Å². The van der Waals surface area contributed by atoms with E-state index in [9.17, 15) is 4.39 Å². The van der Waals surface area contributed by atoms with Crippen LogP contribution in [0.15, 0.2) is 24.4 Å². The van der Waals surface area contributed by atoms with E-state index in [2.05, 4.69) is 17.3 Å². The van der Waals surface area contributed by atoms with E-state index < -0.39 is 0 Å². The molecule has 0 saturated heterocycles. The molecular weight excluding hydrogens is 229 g/mol. The van der Waals surface area contributed by atoms with Gasteiger partial charge < -0.3 is 5.32 Å². The van der Waals surface area contributed by atoms with E-state index in [0.29, 0.717) is 12.1 Å². The zero-order chi connectivity index (χ0) is 13.1. The number of nitrogens with one attached hydrogen (secondary N) is 1. The molecule has 0 unspecified atom stereocenters. The van der Waals surface area contributed by atoms with E-state index in [1.54, 1.807) is 10.7 Å². The molecule has 0 aliphatic rings. The van der Waals surface area contributed by atoms with Crippen molar-refractivity contribution in [2.75, 3.05) is 5.32 Å². The molecule has 2 aromatic rings. The topological polar surface area (TPSA) is 29.9 Å². The molecule has 96 valence electrons. The van der Waals surface area contributed by atoms with E-state index in [1.807, 2.05) is 26.2 Å². The Labute approximate surface area is 107 Å². The highest BCUT2D eigenvalue weighted by Gasteiger charge is 2.07. The monoisotopic (exact) mass is 247 g/mol. The van der Waals surface area contributed by atoms with Crippen LogP contribution in [-0.4, -0.2) is 9.78 Å². The first-order chi connectivity index (χ1) is 8.60. The lowest BCUT2D eigenvalue weighted by Crippen LogP contribution is -2.03. The molecular formula is C14H18FN3. The fraction of sp³-hybridized carbons (Fsp3) is 0.357. The zero-order valence-electron chi connectivity index (χ0n) is 11.0. The lowest BCUT2D eigenvalue weighted by Gasteiger charge is -2.07. The number of hydrogen-bond acceptors (Lipinski definition) is 2. The summed E-state index contributed by atoms with van der Waals surface area (Å²) in [4.78, 5) is 0. The highest BCUT2D eigenvalue weighted by atomic mass is 19.1. The van der Waals surface area contributed by atoms with Crippen molar-refractivity contribution in [3.63, 3.8) is 0 Å². The van der Waals surface area contributed by atoms with E-state index in [4.69, 9.17) is 0 Å². The molecule has 0 aliphatic carbocycles. The van der Waals surface area contributed by atoms with Gasteiger partial charge in [-0.3, -0.25) is 4.68 Å². The molecule has 1 aromatic heterocycles. The highest BCUT2D eigenvalue weighted by Crippen LogP contribution is 2.17. The lowest BCUT2D eigenvalue weighted by atomic mass is 10.1. The largest absolute Gasteiger partial charge is 0.378 e. The Morgan fingerprint density at radius 1 is 1.39 bits per heavy atom. The molecule has 1 heterocycles. The van der Waals surface area contributed by atoms with Crippen LogP contribution >= 0.6 is 0 Å². The third kappa shape index (κ3) is 2.70. The molecule has 0 fully saturated rings. The number of nitrogens with zero attached hydrogens (tertiary/aromatic N) is 2. The van der Waals surface area contributed by atoms with Crippen LogP contribution in [-0.2, 0) is 20.0 Å². The maximum atomic E-state index is 13.6. The normalized spacial score (nSPS) is 10.7. The average Bonchev–Trinajstić information content (AvgIpc) is 2.71. The van der Waals surface area contributed by atoms with Crippen LogP contribution in [0.2, 0.25) is 0 Å². The minimum atomic E-state index is -0.171. The van der Waals surface area contributed by atoms with E-state index in [0.717, 1.165) is 23.4 Å². The molecule has 0 radical (unpaired) electrons. The molecule has 0 saturated carbocycles. The van der Waals surface area contributed by atoms with Crippen LogP contribution < -0.4 is 5.32 Å². The fourth-order valence-corrected chi connectivity index (χ4v) is 1.97. The summed E-state index contributed by atoms with van der Waals surface area (Å²) in [6, 6.07) is 5.15. The van der Waals surface area contributed by atoms with Gasteiger partial charge in [-0.2, -0.15) is 5.10 Å². The maximum Gasteiger partial charge on any atom is 0.128 e. The van der Waals surface area contributed by atoms with Crippen LogP contribution in [0.4, 0.5) is 10.1 Å². The Kier molecular flexibility index (Phi) is 3.65. The summed E-state index contributed by atoms with van der Waals surface area (Å²) in [5, 5.41) is 7.59. The SMILES string of the molecule is CCc1nn(C)cc1NCc1cc(C)ccc1F. The summed E-state index contributed by atoms with van der Waals surface area (Å²) in [6.07, 6.45) is 2.78. The van der Waals surface area contributed by atoms with Gasteiger partial charge in [0, 0.05) is 25.4 Å². The second-order valence-electron chi connectivity index (χ2n) is 4.47. The van der Waals surface area contributed by atoms with Gasteiger partial charge in [0.1, 0.15) is 5.82 Å². The van der Waals surface area contributed by atoms with Crippen LogP contribution in [0.5, 0.6) is 0 Å². The second kappa shape index (κ2) is 5.21. The van der Waals surface area contributed by atoms with Crippen molar-refractivity contribution in [2.24, 2.45) is 7.05 Å². The highest BCUT2D eigenvalue weighted by molar-refractivity contribution is 5.47. The molecule has 0 aliphatic heterocycles. The molecule has 0 amide bonds. The van der Waals surface area contributed by atoms with Gasteiger partial charge in [0.25, 0.3) is 0 Å². The third-order valence-electron chi connectivity index (χ3n) is 2.91. The van der Waals surface area contributed by atoms with Crippen molar-refractivity contribution in [3.8, 4) is 0 Å². The van der Waals surface area contributed by atoms with Crippen molar-refractivity contribution in [1.82, 2.24) is 9.78 Å². The summed E-state index contributed by atoms with van der Waals surface area (Å²) in [5.74, 6) is -0.171. The molecule has 0 spiro atoms. The van der Waals surface area contributed by atoms with Gasteiger partial charge >= 0.3 is 0 Å². The predicted molar refractivity (Wildman–Crippen MR) is 71.0 cm³/mol. The maximum absolute atomic E-state index is 13.6.